The summed E-state index contributed by atoms with van der Waals surface area (Å²) in [6.45, 7) is 5.88. The number of aliphatic imine (C=N–C) groups is 1. The average molecular weight is 191 g/mol. The maximum absolute atomic E-state index is 5.24. The summed E-state index contributed by atoms with van der Waals surface area (Å²) in [4.78, 5) is 4.49. The van der Waals surface area contributed by atoms with Gasteiger partial charge in [-0.1, -0.05) is 30.3 Å². The zero-order valence-corrected chi connectivity index (χ0v) is 9.24. The van der Waals surface area contributed by atoms with Gasteiger partial charge in [-0.2, -0.15) is 0 Å². The first-order valence-corrected chi connectivity index (χ1v) is 4.72. The van der Waals surface area contributed by atoms with Crippen molar-refractivity contribution >= 4 is 5.71 Å². The summed E-state index contributed by atoms with van der Waals surface area (Å²) < 4.78 is 5.24. The average Bonchev–Trinajstić information content (AvgIpc) is 2.19. The SMILES string of the molecule is COC(C)(C)/N=C(\C)c1ccccc1. The summed E-state index contributed by atoms with van der Waals surface area (Å²) in [7, 11) is 1.67. The smallest absolute Gasteiger partial charge is 0.153 e. The lowest BCUT2D eigenvalue weighted by molar-refractivity contribution is 0.0310. The highest BCUT2D eigenvalue weighted by atomic mass is 16.5. The van der Waals surface area contributed by atoms with Crippen molar-refractivity contribution in [2.24, 2.45) is 4.99 Å². The number of hydrogen-bond donors (Lipinski definition) is 0. The van der Waals surface area contributed by atoms with Crippen molar-refractivity contribution in [3.63, 3.8) is 0 Å². The normalized spacial score (nSPS) is 13.0. The molecule has 0 aliphatic heterocycles. The predicted molar refractivity (Wildman–Crippen MR) is 59.7 cm³/mol. The van der Waals surface area contributed by atoms with Gasteiger partial charge in [0.25, 0.3) is 0 Å². The van der Waals surface area contributed by atoms with E-state index in [-0.39, 0.29) is 0 Å². The van der Waals surface area contributed by atoms with Gasteiger partial charge in [0.05, 0.1) is 0 Å². The third-order valence-electron chi connectivity index (χ3n) is 2.13. The molecule has 0 amide bonds. The van der Waals surface area contributed by atoms with Crippen LogP contribution in [-0.2, 0) is 4.74 Å². The molecule has 1 aromatic rings. The zero-order chi connectivity index (χ0) is 10.6. The van der Waals surface area contributed by atoms with Crippen LogP contribution >= 0.6 is 0 Å². The van der Waals surface area contributed by atoms with Crippen molar-refractivity contribution in [3.05, 3.63) is 35.9 Å². The lowest BCUT2D eigenvalue weighted by atomic mass is 10.1. The van der Waals surface area contributed by atoms with E-state index < -0.39 is 5.72 Å². The van der Waals surface area contributed by atoms with Crippen LogP contribution in [0.4, 0.5) is 0 Å². The highest BCUT2D eigenvalue weighted by Gasteiger charge is 2.14. The lowest BCUT2D eigenvalue weighted by Gasteiger charge is -2.18. The Hall–Kier alpha value is -1.15. The first-order valence-electron chi connectivity index (χ1n) is 4.72. The second-order valence-electron chi connectivity index (χ2n) is 3.71. The first-order chi connectivity index (χ1) is 6.55. The van der Waals surface area contributed by atoms with Crippen molar-refractivity contribution in [1.29, 1.82) is 0 Å². The van der Waals surface area contributed by atoms with E-state index in [1.54, 1.807) is 7.11 Å². The van der Waals surface area contributed by atoms with Crippen LogP contribution in [0.5, 0.6) is 0 Å². The van der Waals surface area contributed by atoms with Crippen molar-refractivity contribution in [2.75, 3.05) is 7.11 Å². The van der Waals surface area contributed by atoms with Crippen molar-refractivity contribution in [3.8, 4) is 0 Å². The van der Waals surface area contributed by atoms with Crippen LogP contribution in [-0.4, -0.2) is 18.5 Å². The fourth-order valence-corrected chi connectivity index (χ4v) is 1.19. The first kappa shape index (κ1) is 10.9. The van der Waals surface area contributed by atoms with E-state index in [1.165, 1.54) is 0 Å². The molecule has 0 saturated heterocycles. The summed E-state index contributed by atoms with van der Waals surface area (Å²) in [5.41, 5.74) is 1.69. The highest BCUT2D eigenvalue weighted by Crippen LogP contribution is 2.12. The van der Waals surface area contributed by atoms with Crippen molar-refractivity contribution < 1.29 is 4.74 Å². The van der Waals surface area contributed by atoms with E-state index in [2.05, 4.69) is 4.99 Å². The molecule has 0 N–H and O–H groups in total. The van der Waals surface area contributed by atoms with Gasteiger partial charge < -0.3 is 4.74 Å². The second-order valence-corrected chi connectivity index (χ2v) is 3.71. The minimum Gasteiger partial charge on any atom is -0.358 e. The van der Waals surface area contributed by atoms with Crippen LogP contribution in [0.15, 0.2) is 35.3 Å². The van der Waals surface area contributed by atoms with Crippen molar-refractivity contribution in [1.82, 2.24) is 0 Å². The van der Waals surface area contributed by atoms with Gasteiger partial charge in [0.2, 0.25) is 0 Å². The van der Waals surface area contributed by atoms with E-state index >= 15 is 0 Å². The van der Waals surface area contributed by atoms with Gasteiger partial charge in [-0.05, 0) is 26.3 Å². The molecule has 1 rings (SSSR count). The Bertz CT molecular complexity index is 314. The minimum absolute atomic E-state index is 0.445. The zero-order valence-electron chi connectivity index (χ0n) is 9.24. The second kappa shape index (κ2) is 4.38. The predicted octanol–water partition coefficient (Wildman–Crippen LogP) is 2.88. The Balaban J connectivity index is 2.91. The Morgan fingerprint density at radius 2 is 1.79 bits per heavy atom. The van der Waals surface area contributed by atoms with Crippen LogP contribution in [0.25, 0.3) is 0 Å². The maximum Gasteiger partial charge on any atom is 0.153 e. The molecule has 0 saturated carbocycles. The van der Waals surface area contributed by atoms with Crippen molar-refractivity contribution in [2.45, 2.75) is 26.5 Å². The molecule has 14 heavy (non-hydrogen) atoms. The number of hydrogen-bond acceptors (Lipinski definition) is 2. The van der Waals surface area contributed by atoms with Crippen LogP contribution in [0, 0.1) is 0 Å². The summed E-state index contributed by atoms with van der Waals surface area (Å²) in [6.07, 6.45) is 0. The third kappa shape index (κ3) is 2.96. The molecule has 2 nitrogen and oxygen atoms in total. The van der Waals surface area contributed by atoms with Gasteiger partial charge in [0, 0.05) is 12.8 Å². The van der Waals surface area contributed by atoms with E-state index in [0.717, 1.165) is 11.3 Å². The summed E-state index contributed by atoms with van der Waals surface area (Å²) in [6, 6.07) is 10.1. The quantitative estimate of drug-likeness (QED) is 0.673. The summed E-state index contributed by atoms with van der Waals surface area (Å²) in [5.74, 6) is 0. The Morgan fingerprint density at radius 1 is 1.21 bits per heavy atom. The van der Waals surface area contributed by atoms with Gasteiger partial charge in [-0.3, -0.25) is 4.99 Å². The molecule has 0 fully saturated rings. The van der Waals surface area contributed by atoms with Crippen LogP contribution in [0.3, 0.4) is 0 Å². The topological polar surface area (TPSA) is 21.6 Å². The highest BCUT2D eigenvalue weighted by molar-refractivity contribution is 5.98. The molecule has 0 heterocycles. The Kier molecular flexibility index (Phi) is 3.42. The standard InChI is InChI=1S/C12H17NO/c1-10(13-12(2,3)14-4)11-8-6-5-7-9-11/h5-9H,1-4H3/b13-10+. The Labute approximate surface area is 85.6 Å². The summed E-state index contributed by atoms with van der Waals surface area (Å²) in [5, 5.41) is 0. The molecule has 0 aliphatic carbocycles. The lowest BCUT2D eigenvalue weighted by Crippen LogP contribution is -2.21. The van der Waals surface area contributed by atoms with E-state index in [9.17, 15) is 0 Å². The number of benzene rings is 1. The molecular weight excluding hydrogens is 174 g/mol. The largest absolute Gasteiger partial charge is 0.358 e. The molecule has 0 unspecified atom stereocenters. The minimum atomic E-state index is -0.445. The maximum atomic E-state index is 5.24. The van der Waals surface area contributed by atoms with Crippen LogP contribution < -0.4 is 0 Å². The molecule has 76 valence electrons. The van der Waals surface area contributed by atoms with Gasteiger partial charge in [-0.15, -0.1) is 0 Å². The van der Waals surface area contributed by atoms with Gasteiger partial charge in [-0.25, -0.2) is 0 Å². The number of rotatable bonds is 3. The number of methoxy groups -OCH3 is 1. The van der Waals surface area contributed by atoms with Gasteiger partial charge in [0.1, 0.15) is 0 Å². The van der Waals surface area contributed by atoms with E-state index in [1.807, 2.05) is 51.1 Å². The summed E-state index contributed by atoms with van der Waals surface area (Å²) >= 11 is 0. The van der Waals surface area contributed by atoms with E-state index in [4.69, 9.17) is 4.74 Å². The molecule has 0 aromatic heterocycles. The monoisotopic (exact) mass is 191 g/mol. The molecule has 1 aromatic carbocycles. The van der Waals surface area contributed by atoms with Crippen LogP contribution in [0.2, 0.25) is 0 Å². The van der Waals surface area contributed by atoms with E-state index in [0.29, 0.717) is 0 Å². The molecule has 0 atom stereocenters. The van der Waals surface area contributed by atoms with Crippen LogP contribution in [0.1, 0.15) is 26.3 Å². The molecule has 0 bridgehead atoms. The molecule has 0 radical (unpaired) electrons. The number of ether oxygens (including phenoxy) is 1. The fraction of sp³-hybridized carbons (Fsp3) is 0.417. The Morgan fingerprint density at radius 3 is 2.29 bits per heavy atom. The fourth-order valence-electron chi connectivity index (χ4n) is 1.19. The molecular formula is C12H17NO. The third-order valence-corrected chi connectivity index (χ3v) is 2.13. The molecule has 2 heteroatoms. The van der Waals surface area contributed by atoms with Gasteiger partial charge >= 0.3 is 0 Å². The molecule has 0 aliphatic rings. The number of nitrogens with zero attached hydrogens (tertiary/aromatic N) is 1. The van der Waals surface area contributed by atoms with Gasteiger partial charge in [0.15, 0.2) is 5.72 Å². The molecule has 0 spiro atoms.